The number of benzene rings is 3. The number of aromatic carboxylic acids is 1. The fraction of sp³-hybridized carbons (Fsp3) is 0.426. The second-order valence-electron chi connectivity index (χ2n) is 17.5. The van der Waals surface area contributed by atoms with E-state index in [9.17, 15) is 19.5 Å². The van der Waals surface area contributed by atoms with E-state index in [-0.39, 0.29) is 17.4 Å². The first-order chi connectivity index (χ1) is 28.9. The predicted molar refractivity (Wildman–Crippen MR) is 233 cm³/mol. The predicted octanol–water partition coefficient (Wildman–Crippen LogP) is 7.91. The minimum Gasteiger partial charge on any atom is -0.478 e. The van der Waals surface area contributed by atoms with Crippen molar-refractivity contribution in [1.82, 2.24) is 28.9 Å². The van der Waals surface area contributed by atoms with E-state index in [0.717, 1.165) is 103 Å². The summed E-state index contributed by atoms with van der Waals surface area (Å²) in [5.41, 5.74) is 9.50. The van der Waals surface area contributed by atoms with Crippen molar-refractivity contribution >= 4 is 40.8 Å². The largest absolute Gasteiger partial charge is 0.478 e. The first-order valence-electron chi connectivity index (χ1n) is 21.3. The molecule has 2 fully saturated rings. The summed E-state index contributed by atoms with van der Waals surface area (Å²) >= 11 is 7.07. The van der Waals surface area contributed by atoms with Crippen LogP contribution in [0.2, 0.25) is 5.02 Å². The molecule has 3 N–H and O–H groups in total. The third-order valence-corrected chi connectivity index (χ3v) is 14.4. The smallest absolute Gasteiger partial charge is 0.335 e. The van der Waals surface area contributed by atoms with Crippen LogP contribution in [-0.2, 0) is 46.4 Å². The van der Waals surface area contributed by atoms with E-state index in [1.165, 1.54) is 38.5 Å². The van der Waals surface area contributed by atoms with Crippen LogP contribution in [0, 0.1) is 18.3 Å². The third kappa shape index (κ3) is 7.76. The molecular weight excluding hydrogens is 776 g/mol. The number of fused-ring (bicyclic) bond motifs is 4. The van der Waals surface area contributed by atoms with Crippen molar-refractivity contribution in [3.8, 4) is 11.1 Å². The Morgan fingerprint density at radius 2 is 1.35 bits per heavy atom. The van der Waals surface area contributed by atoms with Crippen molar-refractivity contribution < 1.29 is 19.5 Å². The molecule has 12 nitrogen and oxygen atoms in total. The van der Waals surface area contributed by atoms with Crippen LogP contribution < -0.4 is 10.6 Å². The average Bonchev–Trinajstić information content (AvgIpc) is 4.03. The molecule has 13 heteroatoms. The molecule has 0 spiro atoms. The molecule has 0 atom stereocenters. The molecule has 2 aliphatic heterocycles. The van der Waals surface area contributed by atoms with Crippen LogP contribution in [0.3, 0.4) is 0 Å². The minimum atomic E-state index is -0.930. The Hall–Kier alpha value is -5.30. The fourth-order valence-corrected chi connectivity index (χ4v) is 10.6. The van der Waals surface area contributed by atoms with Crippen LogP contribution >= 0.6 is 11.6 Å². The van der Waals surface area contributed by atoms with Crippen LogP contribution in [0.25, 0.3) is 11.1 Å². The van der Waals surface area contributed by atoms with E-state index in [2.05, 4.69) is 20.4 Å². The summed E-state index contributed by atoms with van der Waals surface area (Å²) < 4.78 is 3.83. The number of rotatable bonds is 12. The molecule has 0 unspecified atom stereocenters. The number of carboxylic acids is 1. The van der Waals surface area contributed by atoms with E-state index in [1.54, 1.807) is 18.2 Å². The molecule has 0 radical (unpaired) electrons. The van der Waals surface area contributed by atoms with E-state index >= 15 is 0 Å². The van der Waals surface area contributed by atoms with Gasteiger partial charge in [0, 0.05) is 82.3 Å². The van der Waals surface area contributed by atoms with Crippen LogP contribution in [0.4, 0.5) is 11.4 Å². The van der Waals surface area contributed by atoms with E-state index in [1.807, 2.05) is 72.6 Å². The highest BCUT2D eigenvalue weighted by Gasteiger charge is 2.44. The van der Waals surface area contributed by atoms with Crippen LogP contribution in [0.5, 0.6) is 0 Å². The molecule has 312 valence electrons. The van der Waals surface area contributed by atoms with Gasteiger partial charge in [-0.25, -0.2) is 14.8 Å². The normalized spacial score (nSPS) is 19.9. The number of hydrogen-bond acceptors (Lipinski definition) is 7. The van der Waals surface area contributed by atoms with E-state index in [0.29, 0.717) is 40.0 Å². The highest BCUT2D eigenvalue weighted by Crippen LogP contribution is 2.56. The molecular formula is C47H53ClN8O4. The topological polar surface area (TPSA) is 138 Å². The Morgan fingerprint density at radius 3 is 1.93 bits per heavy atom. The maximum absolute atomic E-state index is 13.8. The van der Waals surface area contributed by atoms with Crippen molar-refractivity contribution in [2.45, 2.75) is 77.8 Å². The number of amides is 2. The third-order valence-electron chi connectivity index (χ3n) is 14.0. The van der Waals surface area contributed by atoms with Gasteiger partial charge in [0.25, 0.3) is 11.8 Å². The first-order valence-corrected chi connectivity index (χ1v) is 21.7. The molecule has 2 bridgehead atoms. The van der Waals surface area contributed by atoms with Gasteiger partial charge in [0.2, 0.25) is 0 Å². The Labute approximate surface area is 356 Å². The molecule has 9 rings (SSSR count). The summed E-state index contributed by atoms with van der Waals surface area (Å²) in [5, 5.41) is 15.8. The average molecular weight is 829 g/mol. The first kappa shape index (κ1) is 40.1. The molecule has 5 aromatic rings. The lowest BCUT2D eigenvalue weighted by molar-refractivity contribution is 0.0696. The van der Waals surface area contributed by atoms with Gasteiger partial charge in [-0.05, 0) is 111 Å². The summed E-state index contributed by atoms with van der Waals surface area (Å²) in [5.74, 6) is 0.155. The highest BCUT2D eigenvalue weighted by atomic mass is 35.5. The Morgan fingerprint density at radius 1 is 0.783 bits per heavy atom. The standard InChI is InChI=1S/C47H53ClN8O4/c1-29-33(6-4-8-35(29)51-44(57)42-49-37-27-55(23-17-39(37)53(42)2)22-16-30-10-12-32(13-11-30)46(59)60)34-7-5-9-36(41(34)48)52-45(58)43-50-38-28-56(24-18-40(38)54(43)3)25-21-47-19-14-31(26-47)15-20-47/h4-13,31H,14-28H2,1-3H3,(H,51,57)(H,52,58)(H,59,60). The highest BCUT2D eigenvalue weighted by molar-refractivity contribution is 6.36. The zero-order valence-electron chi connectivity index (χ0n) is 34.7. The number of carboxylic acid groups (broad SMARTS) is 1. The second kappa shape index (κ2) is 16.3. The number of nitrogens with one attached hydrogen (secondary N) is 2. The lowest BCUT2D eigenvalue weighted by Gasteiger charge is -2.32. The number of carbonyl (C=O) groups excluding carboxylic acids is 2. The molecule has 2 aromatic heterocycles. The molecule has 0 saturated heterocycles. The van der Waals surface area contributed by atoms with Crippen LogP contribution in [0.15, 0.2) is 60.7 Å². The monoisotopic (exact) mass is 828 g/mol. The number of anilines is 2. The molecule has 3 aromatic carbocycles. The lowest BCUT2D eigenvalue weighted by atomic mass is 9.81. The van der Waals surface area contributed by atoms with Gasteiger partial charge in [-0.15, -0.1) is 0 Å². The van der Waals surface area contributed by atoms with Gasteiger partial charge >= 0.3 is 5.97 Å². The zero-order chi connectivity index (χ0) is 41.7. The number of carbonyl (C=O) groups is 3. The Balaban J connectivity index is 0.847. The molecule has 2 saturated carbocycles. The van der Waals surface area contributed by atoms with Gasteiger partial charge in [0.05, 0.1) is 27.7 Å². The maximum Gasteiger partial charge on any atom is 0.335 e. The Bertz CT molecular complexity index is 2480. The van der Waals surface area contributed by atoms with Gasteiger partial charge in [-0.2, -0.15) is 0 Å². The van der Waals surface area contributed by atoms with Gasteiger partial charge in [0.1, 0.15) is 0 Å². The van der Waals surface area contributed by atoms with Crippen molar-refractivity contribution in [2.24, 2.45) is 25.4 Å². The Kier molecular flexibility index (Phi) is 10.9. The number of nitrogens with zero attached hydrogens (tertiary/aromatic N) is 6. The molecule has 2 amide bonds. The number of imidazole rings is 2. The van der Waals surface area contributed by atoms with Gasteiger partial charge in [0.15, 0.2) is 11.6 Å². The molecule has 60 heavy (non-hydrogen) atoms. The minimum absolute atomic E-state index is 0.280. The maximum atomic E-state index is 13.8. The number of halogens is 1. The SMILES string of the molecule is Cc1c(NC(=O)c2nc3c(n2C)CCN(CCc2ccc(C(=O)O)cc2)C3)cccc1-c1cccc(NC(=O)c2nc3c(n2C)CCN(CCC24CCC(CC2)C4)C3)c1Cl. The lowest BCUT2D eigenvalue weighted by Crippen LogP contribution is -2.34. The summed E-state index contributed by atoms with van der Waals surface area (Å²) in [4.78, 5) is 53.3. The summed E-state index contributed by atoms with van der Waals surface area (Å²) in [7, 11) is 3.82. The van der Waals surface area contributed by atoms with Crippen molar-refractivity contribution in [2.75, 3.05) is 36.8 Å². The second-order valence-corrected chi connectivity index (χ2v) is 17.9. The summed E-state index contributed by atoms with van der Waals surface area (Å²) in [6.45, 7) is 7.07. The summed E-state index contributed by atoms with van der Waals surface area (Å²) in [6, 6.07) is 18.3. The van der Waals surface area contributed by atoms with Crippen molar-refractivity contribution in [1.29, 1.82) is 0 Å². The van der Waals surface area contributed by atoms with Gasteiger partial charge in [-0.3, -0.25) is 19.4 Å². The zero-order valence-corrected chi connectivity index (χ0v) is 35.4. The fourth-order valence-electron chi connectivity index (χ4n) is 10.4. The molecule has 4 aliphatic rings. The van der Waals surface area contributed by atoms with Crippen LogP contribution in [0.1, 0.15) is 104 Å². The molecule has 4 heterocycles. The quantitative estimate of drug-likeness (QED) is 0.115. The molecule has 2 aliphatic carbocycles. The summed E-state index contributed by atoms with van der Waals surface area (Å²) in [6.07, 6.45) is 10.7. The van der Waals surface area contributed by atoms with Gasteiger partial charge in [-0.1, -0.05) is 48.0 Å². The number of hydrogen-bond donors (Lipinski definition) is 3. The van der Waals surface area contributed by atoms with Gasteiger partial charge < -0.3 is 24.9 Å². The van der Waals surface area contributed by atoms with Crippen molar-refractivity contribution in [3.05, 3.63) is 117 Å². The van der Waals surface area contributed by atoms with Crippen molar-refractivity contribution in [3.63, 3.8) is 0 Å². The van der Waals surface area contributed by atoms with Crippen LogP contribution in [-0.4, -0.2) is 78.0 Å². The number of aromatic nitrogens is 4. The van der Waals surface area contributed by atoms with E-state index < -0.39 is 5.97 Å². The van der Waals surface area contributed by atoms with E-state index in [4.69, 9.17) is 21.6 Å².